The van der Waals surface area contributed by atoms with E-state index in [1.54, 1.807) is 19.9 Å². The van der Waals surface area contributed by atoms with Crippen molar-refractivity contribution in [3.8, 4) is 0 Å². The fraction of sp³-hybridized carbons (Fsp3) is 0.625. The summed E-state index contributed by atoms with van der Waals surface area (Å²) in [6.45, 7) is 10.2. The van der Waals surface area contributed by atoms with Crippen LogP contribution in [0.4, 0.5) is 0 Å². The lowest BCUT2D eigenvalue weighted by Gasteiger charge is -2.13. The molecule has 0 atom stereocenters. The highest BCUT2D eigenvalue weighted by Gasteiger charge is 2.25. The van der Waals surface area contributed by atoms with Gasteiger partial charge in [0.2, 0.25) is 0 Å². The van der Waals surface area contributed by atoms with Crippen LogP contribution in [0.25, 0.3) is 0 Å². The normalized spacial score (nSPS) is 11.3. The zero-order chi connectivity index (χ0) is 16.8. The molecule has 1 heterocycles. The zero-order valence-electron chi connectivity index (χ0n) is 13.9. The Kier molecular flexibility index (Phi) is 7.00. The van der Waals surface area contributed by atoms with Crippen LogP contribution in [0.5, 0.6) is 0 Å². The van der Waals surface area contributed by atoms with Gasteiger partial charge in [-0.2, -0.15) is 0 Å². The number of hydrogen-bond acceptors (Lipinski definition) is 6. The van der Waals surface area contributed by atoms with Crippen molar-refractivity contribution in [3.63, 3.8) is 0 Å². The smallest absolute Gasteiger partial charge is 0.341 e. The van der Waals surface area contributed by atoms with Crippen LogP contribution in [-0.4, -0.2) is 30.9 Å². The molecule has 1 aromatic rings. The van der Waals surface area contributed by atoms with Gasteiger partial charge in [0, 0.05) is 5.41 Å². The Morgan fingerprint density at radius 3 is 2.36 bits per heavy atom. The lowest BCUT2D eigenvalue weighted by atomic mass is 9.93. The number of furan rings is 1. The Labute approximate surface area is 135 Å². The third-order valence-corrected chi connectivity index (χ3v) is 3.71. The maximum absolute atomic E-state index is 12.0. The maximum Gasteiger partial charge on any atom is 0.341 e. The number of esters is 2. The van der Waals surface area contributed by atoms with Gasteiger partial charge in [-0.1, -0.05) is 20.8 Å². The van der Waals surface area contributed by atoms with Crippen LogP contribution in [-0.2, 0) is 25.4 Å². The van der Waals surface area contributed by atoms with E-state index in [1.807, 2.05) is 20.8 Å². The number of ether oxygens (including phenoxy) is 2. The molecular formula is C16H24O5S. The summed E-state index contributed by atoms with van der Waals surface area (Å²) in [5, 5.41) is 0. The average molecular weight is 328 g/mol. The summed E-state index contributed by atoms with van der Waals surface area (Å²) >= 11 is 1.35. The number of carbonyl (C=O) groups is 2. The van der Waals surface area contributed by atoms with Crippen LogP contribution < -0.4 is 0 Å². The Morgan fingerprint density at radius 1 is 1.18 bits per heavy atom. The minimum atomic E-state index is -0.395. The molecule has 0 bridgehead atoms. The summed E-state index contributed by atoms with van der Waals surface area (Å²) in [6, 6.07) is 1.73. The van der Waals surface area contributed by atoms with Crippen molar-refractivity contribution in [2.24, 2.45) is 0 Å². The summed E-state index contributed by atoms with van der Waals surface area (Å²) in [5.74, 6) is 1.24. The third kappa shape index (κ3) is 5.40. The van der Waals surface area contributed by atoms with Gasteiger partial charge in [-0.15, -0.1) is 11.8 Å². The molecule has 0 radical (unpaired) electrons. The second-order valence-corrected chi connectivity index (χ2v) is 6.70. The molecule has 0 saturated carbocycles. The van der Waals surface area contributed by atoms with Crippen LogP contribution >= 0.6 is 11.8 Å². The van der Waals surface area contributed by atoms with Crippen LogP contribution in [0.2, 0.25) is 0 Å². The molecule has 0 amide bonds. The van der Waals surface area contributed by atoms with Crippen molar-refractivity contribution in [2.75, 3.05) is 19.0 Å². The van der Waals surface area contributed by atoms with Crippen LogP contribution in [0, 0.1) is 0 Å². The number of carbonyl (C=O) groups excluding carboxylic acids is 2. The van der Waals surface area contributed by atoms with Gasteiger partial charge in [0.05, 0.1) is 24.7 Å². The molecule has 0 unspecified atom stereocenters. The second-order valence-electron chi connectivity index (χ2n) is 5.72. The van der Waals surface area contributed by atoms with Crippen LogP contribution in [0.15, 0.2) is 10.5 Å². The predicted octanol–water partition coefficient (Wildman–Crippen LogP) is 3.55. The number of rotatable bonds is 7. The van der Waals surface area contributed by atoms with Gasteiger partial charge in [-0.05, 0) is 19.9 Å². The van der Waals surface area contributed by atoms with Gasteiger partial charge in [0.25, 0.3) is 0 Å². The summed E-state index contributed by atoms with van der Waals surface area (Å²) < 4.78 is 15.7. The van der Waals surface area contributed by atoms with E-state index < -0.39 is 5.97 Å². The zero-order valence-corrected chi connectivity index (χ0v) is 14.7. The highest BCUT2D eigenvalue weighted by molar-refractivity contribution is 7.99. The van der Waals surface area contributed by atoms with Crippen molar-refractivity contribution in [2.45, 2.75) is 45.8 Å². The van der Waals surface area contributed by atoms with Crippen molar-refractivity contribution in [1.82, 2.24) is 0 Å². The monoisotopic (exact) mass is 328 g/mol. The first-order valence-corrected chi connectivity index (χ1v) is 8.48. The van der Waals surface area contributed by atoms with Crippen molar-refractivity contribution in [1.29, 1.82) is 0 Å². The van der Waals surface area contributed by atoms with E-state index in [2.05, 4.69) is 0 Å². The standard InChI is InChI=1S/C16H24O5S/c1-6-19-14(17)10-22-9-12-11(15(18)20-7-2)8-13(21-12)16(3,4)5/h8H,6-7,9-10H2,1-5H3. The van der Waals surface area contributed by atoms with Crippen molar-refractivity contribution >= 4 is 23.7 Å². The highest BCUT2D eigenvalue weighted by Crippen LogP contribution is 2.30. The molecule has 0 aliphatic carbocycles. The quantitative estimate of drug-likeness (QED) is 0.713. The average Bonchev–Trinajstić information content (AvgIpc) is 2.83. The first-order valence-electron chi connectivity index (χ1n) is 7.33. The van der Waals surface area contributed by atoms with E-state index in [9.17, 15) is 9.59 Å². The van der Waals surface area contributed by atoms with Gasteiger partial charge in [0.15, 0.2) is 0 Å². The fourth-order valence-electron chi connectivity index (χ4n) is 1.72. The lowest BCUT2D eigenvalue weighted by Crippen LogP contribution is -2.09. The van der Waals surface area contributed by atoms with Gasteiger partial charge in [-0.25, -0.2) is 4.79 Å². The van der Waals surface area contributed by atoms with E-state index in [4.69, 9.17) is 13.9 Å². The van der Waals surface area contributed by atoms with E-state index >= 15 is 0 Å². The molecule has 6 heteroatoms. The number of thioether (sulfide) groups is 1. The van der Waals surface area contributed by atoms with Gasteiger partial charge in [-0.3, -0.25) is 4.79 Å². The summed E-state index contributed by atoms with van der Waals surface area (Å²) in [7, 11) is 0. The van der Waals surface area contributed by atoms with Gasteiger partial charge >= 0.3 is 11.9 Å². The SMILES string of the molecule is CCOC(=O)CSCc1oc(C(C)(C)C)cc1C(=O)OCC. The van der Waals surface area contributed by atoms with E-state index in [1.165, 1.54) is 11.8 Å². The molecule has 0 aliphatic heterocycles. The van der Waals surface area contributed by atoms with Crippen LogP contribution in [0.3, 0.4) is 0 Å². The Bertz CT molecular complexity index is 513. The Morgan fingerprint density at radius 2 is 1.82 bits per heavy atom. The second kappa shape index (κ2) is 8.27. The van der Waals surface area contributed by atoms with E-state index in [0.717, 1.165) is 5.76 Å². The molecule has 1 rings (SSSR count). The first kappa shape index (κ1) is 18.6. The molecule has 0 spiro atoms. The molecular weight excluding hydrogens is 304 g/mol. The molecule has 0 aliphatic rings. The Hall–Kier alpha value is -1.43. The van der Waals surface area contributed by atoms with Crippen molar-refractivity contribution < 1.29 is 23.5 Å². The topological polar surface area (TPSA) is 65.7 Å². The summed E-state index contributed by atoms with van der Waals surface area (Å²) in [6.07, 6.45) is 0. The molecule has 0 N–H and O–H groups in total. The molecule has 0 saturated heterocycles. The summed E-state index contributed by atoms with van der Waals surface area (Å²) in [5.41, 5.74) is 0.230. The van der Waals surface area contributed by atoms with E-state index in [0.29, 0.717) is 30.3 Å². The minimum Gasteiger partial charge on any atom is -0.465 e. The third-order valence-electron chi connectivity index (χ3n) is 2.80. The van der Waals surface area contributed by atoms with Crippen LogP contribution in [0.1, 0.15) is 56.5 Å². The minimum absolute atomic E-state index is 0.203. The fourth-order valence-corrected chi connectivity index (χ4v) is 2.47. The molecule has 5 nitrogen and oxygen atoms in total. The van der Waals surface area contributed by atoms with E-state index in [-0.39, 0.29) is 17.1 Å². The summed E-state index contributed by atoms with van der Waals surface area (Å²) in [4.78, 5) is 23.4. The first-order chi connectivity index (χ1) is 10.3. The predicted molar refractivity (Wildman–Crippen MR) is 86.2 cm³/mol. The molecule has 1 aromatic heterocycles. The molecule has 124 valence electrons. The van der Waals surface area contributed by atoms with Gasteiger partial charge < -0.3 is 13.9 Å². The number of hydrogen-bond donors (Lipinski definition) is 0. The van der Waals surface area contributed by atoms with Gasteiger partial charge in [0.1, 0.15) is 17.1 Å². The lowest BCUT2D eigenvalue weighted by molar-refractivity contribution is -0.139. The highest BCUT2D eigenvalue weighted by atomic mass is 32.2. The molecule has 0 aromatic carbocycles. The molecule has 22 heavy (non-hydrogen) atoms. The Balaban J connectivity index is 2.84. The molecule has 0 fully saturated rings. The van der Waals surface area contributed by atoms with Crippen molar-refractivity contribution in [3.05, 3.63) is 23.2 Å². The maximum atomic E-state index is 12.0. The largest absolute Gasteiger partial charge is 0.465 e.